The van der Waals surface area contributed by atoms with Crippen molar-refractivity contribution in [1.29, 1.82) is 0 Å². The Morgan fingerprint density at radius 2 is 1.89 bits per heavy atom. The van der Waals surface area contributed by atoms with Crippen molar-refractivity contribution in [2.45, 2.75) is 19.8 Å². The number of imidazole rings is 1. The molecule has 0 spiro atoms. The minimum Gasteiger partial charge on any atom is -0.494 e. The number of anilines is 3. The Balaban J connectivity index is 0.00000304. The van der Waals surface area contributed by atoms with Crippen molar-refractivity contribution in [3.8, 4) is 17.0 Å². The van der Waals surface area contributed by atoms with E-state index in [4.69, 9.17) is 10.5 Å². The Morgan fingerprint density at radius 3 is 2.58 bits per heavy atom. The summed E-state index contributed by atoms with van der Waals surface area (Å²) in [6, 6.07) is 9.10. The van der Waals surface area contributed by atoms with Crippen LogP contribution in [0.5, 0.6) is 5.75 Å². The molecule has 0 saturated carbocycles. The average Bonchev–Trinajstić information content (AvgIpc) is 3.31. The fourth-order valence-electron chi connectivity index (χ4n) is 4.73. The first kappa shape index (κ1) is 25.7. The SMILES string of the molecule is COc1ccc(-c2cnc3c(Nc4ccc(N5CCC(CN)CC5)c(C)c4)nccn23)c(F)c1F.Cl. The lowest BCUT2D eigenvalue weighted by molar-refractivity contribution is 0.372. The van der Waals surface area contributed by atoms with Crippen LogP contribution in [0.3, 0.4) is 0 Å². The van der Waals surface area contributed by atoms with E-state index in [9.17, 15) is 8.78 Å². The van der Waals surface area contributed by atoms with E-state index in [1.165, 1.54) is 31.1 Å². The molecule has 1 aliphatic heterocycles. The van der Waals surface area contributed by atoms with Crippen LogP contribution >= 0.6 is 12.4 Å². The van der Waals surface area contributed by atoms with Gasteiger partial charge in [-0.3, -0.25) is 4.40 Å². The summed E-state index contributed by atoms with van der Waals surface area (Å²) < 4.78 is 35.6. The van der Waals surface area contributed by atoms with E-state index in [0.29, 0.717) is 23.1 Å². The smallest absolute Gasteiger partial charge is 0.201 e. The van der Waals surface area contributed by atoms with E-state index < -0.39 is 11.6 Å². The maximum atomic E-state index is 14.7. The summed E-state index contributed by atoms with van der Waals surface area (Å²) in [6.07, 6.45) is 7.00. The van der Waals surface area contributed by atoms with Crippen LogP contribution in [0.2, 0.25) is 0 Å². The molecule has 36 heavy (non-hydrogen) atoms. The molecule has 0 amide bonds. The number of rotatable bonds is 6. The summed E-state index contributed by atoms with van der Waals surface area (Å²) in [5.74, 6) is -1.04. The minimum absolute atomic E-state index is 0. The lowest BCUT2D eigenvalue weighted by atomic mass is 9.96. The first-order valence-electron chi connectivity index (χ1n) is 11.7. The van der Waals surface area contributed by atoms with E-state index >= 15 is 0 Å². The Kier molecular flexibility index (Phi) is 7.61. The second-order valence-corrected chi connectivity index (χ2v) is 8.85. The summed E-state index contributed by atoms with van der Waals surface area (Å²) in [7, 11) is 1.30. The molecular formula is C26H29ClF2N6O. The molecule has 10 heteroatoms. The highest BCUT2D eigenvalue weighted by atomic mass is 35.5. The van der Waals surface area contributed by atoms with Crippen LogP contribution in [0, 0.1) is 24.5 Å². The standard InChI is InChI=1S/C26H28F2N6O.ClH/c1-16-13-18(3-5-20(16)33-10-7-17(14-29)8-11-33)32-25-26-31-15-21(34(26)12-9-30-25)19-4-6-22(35-2)24(28)23(19)27;/h3-6,9,12-13,15,17H,7-8,10-11,14,29H2,1-2H3,(H,30,32);1H. The van der Waals surface area contributed by atoms with Crippen molar-refractivity contribution in [3.63, 3.8) is 0 Å². The summed E-state index contributed by atoms with van der Waals surface area (Å²) in [5.41, 5.74) is 10.1. The molecule has 0 aliphatic carbocycles. The van der Waals surface area contributed by atoms with Crippen molar-refractivity contribution >= 4 is 35.2 Å². The van der Waals surface area contributed by atoms with E-state index in [1.807, 2.05) is 6.07 Å². The number of nitrogens with zero attached hydrogens (tertiary/aromatic N) is 4. The number of nitrogens with one attached hydrogen (secondary N) is 1. The Labute approximate surface area is 214 Å². The second kappa shape index (κ2) is 10.7. The molecule has 3 N–H and O–H groups in total. The first-order chi connectivity index (χ1) is 17.0. The molecular weight excluding hydrogens is 486 g/mol. The number of hydrogen-bond acceptors (Lipinski definition) is 6. The number of aromatic nitrogens is 3. The zero-order chi connectivity index (χ0) is 24.5. The van der Waals surface area contributed by atoms with Gasteiger partial charge in [-0.05, 0) is 68.1 Å². The van der Waals surface area contributed by atoms with Gasteiger partial charge in [0.25, 0.3) is 0 Å². The van der Waals surface area contributed by atoms with Gasteiger partial charge in [0, 0.05) is 42.4 Å². The topological polar surface area (TPSA) is 80.7 Å². The molecule has 7 nitrogen and oxygen atoms in total. The van der Waals surface area contributed by atoms with Crippen LogP contribution in [-0.4, -0.2) is 41.1 Å². The molecule has 1 aliphatic rings. The van der Waals surface area contributed by atoms with E-state index in [1.54, 1.807) is 16.8 Å². The summed E-state index contributed by atoms with van der Waals surface area (Å²) >= 11 is 0. The normalized spacial score (nSPS) is 14.1. The zero-order valence-electron chi connectivity index (χ0n) is 20.2. The monoisotopic (exact) mass is 514 g/mol. The average molecular weight is 515 g/mol. The van der Waals surface area contributed by atoms with E-state index in [-0.39, 0.29) is 23.7 Å². The number of ether oxygens (including phenoxy) is 1. The molecule has 3 heterocycles. The lowest BCUT2D eigenvalue weighted by Crippen LogP contribution is -2.36. The third-order valence-electron chi connectivity index (χ3n) is 6.72. The van der Waals surface area contributed by atoms with Crippen molar-refractivity contribution in [3.05, 3.63) is 66.1 Å². The van der Waals surface area contributed by atoms with Gasteiger partial charge in [0.1, 0.15) is 0 Å². The highest BCUT2D eigenvalue weighted by Crippen LogP contribution is 2.32. The Bertz CT molecular complexity index is 1370. The van der Waals surface area contributed by atoms with Crippen LogP contribution in [0.15, 0.2) is 48.9 Å². The molecule has 0 radical (unpaired) electrons. The first-order valence-corrected chi connectivity index (χ1v) is 11.7. The number of methoxy groups -OCH3 is 1. The van der Waals surface area contributed by atoms with Crippen LogP contribution in [-0.2, 0) is 0 Å². The molecule has 190 valence electrons. The number of nitrogens with two attached hydrogens (primary N) is 1. The molecule has 2 aromatic heterocycles. The maximum absolute atomic E-state index is 14.7. The van der Waals surface area contributed by atoms with Gasteiger partial charge in [0.15, 0.2) is 23.0 Å². The number of piperidine rings is 1. The number of fused-ring (bicyclic) bond motifs is 1. The molecule has 0 bridgehead atoms. The van der Waals surface area contributed by atoms with Crippen molar-refractivity contribution in [1.82, 2.24) is 14.4 Å². The summed E-state index contributed by atoms with van der Waals surface area (Å²) in [5, 5.41) is 3.33. The van der Waals surface area contributed by atoms with Crippen LogP contribution in [0.4, 0.5) is 26.0 Å². The van der Waals surface area contributed by atoms with Gasteiger partial charge in [-0.15, -0.1) is 12.4 Å². The number of halogens is 3. The number of aryl methyl sites for hydroxylation is 1. The Hall–Kier alpha value is -3.43. The minimum atomic E-state index is -1.03. The third-order valence-corrected chi connectivity index (χ3v) is 6.72. The molecule has 0 atom stereocenters. The highest BCUT2D eigenvalue weighted by molar-refractivity contribution is 5.85. The van der Waals surface area contributed by atoms with E-state index in [0.717, 1.165) is 43.7 Å². The highest BCUT2D eigenvalue weighted by Gasteiger charge is 2.21. The fourth-order valence-corrected chi connectivity index (χ4v) is 4.73. The van der Waals surface area contributed by atoms with Crippen molar-refractivity contribution < 1.29 is 13.5 Å². The summed E-state index contributed by atoms with van der Waals surface area (Å²) in [6.45, 7) is 4.87. The van der Waals surface area contributed by atoms with Crippen LogP contribution in [0.1, 0.15) is 18.4 Å². The molecule has 0 unspecified atom stereocenters. The van der Waals surface area contributed by atoms with Gasteiger partial charge in [0.05, 0.1) is 19.0 Å². The lowest BCUT2D eigenvalue weighted by Gasteiger charge is -2.34. The van der Waals surface area contributed by atoms with Gasteiger partial charge < -0.3 is 20.7 Å². The molecule has 5 rings (SSSR count). The predicted octanol–water partition coefficient (Wildman–Crippen LogP) is 5.33. The van der Waals surface area contributed by atoms with Gasteiger partial charge in [-0.2, -0.15) is 4.39 Å². The van der Waals surface area contributed by atoms with Crippen LogP contribution in [0.25, 0.3) is 16.9 Å². The molecule has 4 aromatic rings. The molecule has 2 aromatic carbocycles. The molecule has 1 fully saturated rings. The Morgan fingerprint density at radius 1 is 1.11 bits per heavy atom. The van der Waals surface area contributed by atoms with E-state index in [2.05, 4.69) is 39.2 Å². The quantitative estimate of drug-likeness (QED) is 0.362. The maximum Gasteiger partial charge on any atom is 0.201 e. The summed E-state index contributed by atoms with van der Waals surface area (Å²) in [4.78, 5) is 11.3. The number of benzene rings is 2. The second-order valence-electron chi connectivity index (χ2n) is 8.85. The fraction of sp³-hybridized carbons (Fsp3) is 0.308. The predicted molar refractivity (Wildman–Crippen MR) is 141 cm³/mol. The van der Waals surface area contributed by atoms with Gasteiger partial charge >= 0.3 is 0 Å². The van der Waals surface area contributed by atoms with Gasteiger partial charge in [-0.25, -0.2) is 14.4 Å². The van der Waals surface area contributed by atoms with Crippen LogP contribution < -0.4 is 20.7 Å². The molecule has 1 saturated heterocycles. The number of hydrogen-bond donors (Lipinski definition) is 2. The van der Waals surface area contributed by atoms with Crippen molar-refractivity contribution in [2.75, 3.05) is 37.0 Å². The van der Waals surface area contributed by atoms with Gasteiger partial charge in [0.2, 0.25) is 5.82 Å². The van der Waals surface area contributed by atoms with Gasteiger partial charge in [-0.1, -0.05) is 0 Å². The largest absolute Gasteiger partial charge is 0.494 e. The van der Waals surface area contributed by atoms with Crippen molar-refractivity contribution in [2.24, 2.45) is 11.7 Å². The third kappa shape index (κ3) is 4.68. The zero-order valence-corrected chi connectivity index (χ0v) is 21.0.